The normalized spacial score (nSPS) is 10.7. The molecule has 0 aliphatic heterocycles. The van der Waals surface area contributed by atoms with E-state index in [9.17, 15) is 0 Å². The van der Waals surface area contributed by atoms with E-state index < -0.39 is 0 Å². The summed E-state index contributed by atoms with van der Waals surface area (Å²) in [5.74, 6) is 0.848. The summed E-state index contributed by atoms with van der Waals surface area (Å²) in [4.78, 5) is 13.6. The van der Waals surface area contributed by atoms with Crippen molar-refractivity contribution in [1.82, 2.24) is 19.5 Å². The van der Waals surface area contributed by atoms with Crippen molar-refractivity contribution in [2.24, 2.45) is 16.6 Å². The molecule has 9 nitrogen and oxygen atoms in total. The molecule has 0 bridgehead atoms. The third-order valence-electron chi connectivity index (χ3n) is 3.65. The summed E-state index contributed by atoms with van der Waals surface area (Å²) in [5, 5.41) is 9.48. The van der Waals surface area contributed by atoms with Crippen molar-refractivity contribution < 1.29 is 0 Å². The van der Waals surface area contributed by atoms with Gasteiger partial charge in [0.1, 0.15) is 0 Å². The van der Waals surface area contributed by atoms with Crippen LogP contribution in [0.15, 0.2) is 35.7 Å². The summed E-state index contributed by atoms with van der Waals surface area (Å²) in [5.41, 5.74) is 13.2. The molecule has 0 aliphatic carbocycles. The molecule has 0 aliphatic rings. The van der Waals surface area contributed by atoms with Crippen LogP contribution in [-0.2, 0) is 6.54 Å². The van der Waals surface area contributed by atoms with Crippen LogP contribution >= 0.6 is 11.6 Å². The van der Waals surface area contributed by atoms with Crippen LogP contribution in [0, 0.1) is 0 Å². The molecule has 0 radical (unpaired) electrons. The Balaban J connectivity index is 2.13. The Morgan fingerprint density at radius 2 is 2.12 bits per heavy atom. The van der Waals surface area contributed by atoms with Gasteiger partial charge in [0, 0.05) is 23.8 Å². The van der Waals surface area contributed by atoms with Crippen LogP contribution in [0.5, 0.6) is 0 Å². The fourth-order valence-electron chi connectivity index (χ4n) is 2.47. The zero-order valence-electron chi connectivity index (χ0n) is 14.5. The summed E-state index contributed by atoms with van der Waals surface area (Å²) in [7, 11) is 0. The predicted octanol–water partition coefficient (Wildman–Crippen LogP) is 2.26. The number of nitrogens with two attached hydrogens (primary N) is 2. The van der Waals surface area contributed by atoms with Crippen LogP contribution in [0.2, 0.25) is 5.02 Å². The van der Waals surface area contributed by atoms with Crippen molar-refractivity contribution >= 4 is 46.2 Å². The van der Waals surface area contributed by atoms with Crippen LogP contribution < -0.4 is 21.8 Å². The Bertz CT molecular complexity index is 946. The number of hydrogen-bond donors (Lipinski definition) is 3. The maximum absolute atomic E-state index is 6.07. The van der Waals surface area contributed by atoms with E-state index in [1.165, 1.54) is 5.01 Å². The molecule has 0 saturated carbocycles. The molecule has 0 fully saturated rings. The highest BCUT2D eigenvalue weighted by Crippen LogP contribution is 2.26. The lowest BCUT2D eigenvalue weighted by atomic mass is 10.3. The molecule has 0 atom stereocenters. The summed E-state index contributed by atoms with van der Waals surface area (Å²) in [6.07, 6.45) is 1.73. The average molecular weight is 374 g/mol. The summed E-state index contributed by atoms with van der Waals surface area (Å²) in [6.45, 7) is 5.14. The van der Waals surface area contributed by atoms with Gasteiger partial charge >= 0.3 is 0 Å². The van der Waals surface area contributed by atoms with E-state index in [0.29, 0.717) is 34.5 Å². The fraction of sp³-hybridized carbons (Fsp3) is 0.250. The Morgan fingerprint density at radius 1 is 1.31 bits per heavy atom. The number of nitrogens with one attached hydrogen (secondary N) is 1. The standard InChI is InChI=1S/C16H20ClN9/c1-3-25-9-20-12-13(21-11-7-5-6-10(17)8-11)22-16(23-14(12)25)26(4-2)24-15(18)19/h5-9H,3-4H2,1-2H3,(H4,18,19,24)(H,21,22,23). The Kier molecular flexibility index (Phi) is 5.08. The van der Waals surface area contributed by atoms with Gasteiger partial charge in [-0.05, 0) is 32.0 Å². The molecule has 26 heavy (non-hydrogen) atoms. The minimum absolute atomic E-state index is 0.0658. The van der Waals surface area contributed by atoms with Gasteiger partial charge in [-0.1, -0.05) is 17.7 Å². The first-order chi connectivity index (χ1) is 12.5. The van der Waals surface area contributed by atoms with Crippen LogP contribution in [-0.4, -0.2) is 32.0 Å². The zero-order valence-corrected chi connectivity index (χ0v) is 15.3. The largest absolute Gasteiger partial charge is 0.369 e. The first-order valence-electron chi connectivity index (χ1n) is 8.14. The average Bonchev–Trinajstić information content (AvgIpc) is 3.02. The number of guanidine groups is 1. The molecule has 10 heteroatoms. The van der Waals surface area contributed by atoms with E-state index in [1.807, 2.05) is 30.5 Å². The molecular formula is C16H20ClN9. The molecule has 2 heterocycles. The lowest BCUT2D eigenvalue weighted by Gasteiger charge is -2.16. The minimum Gasteiger partial charge on any atom is -0.369 e. The molecule has 0 amide bonds. The number of aryl methyl sites for hydroxylation is 1. The molecule has 3 rings (SSSR count). The monoisotopic (exact) mass is 373 g/mol. The number of nitrogens with zero attached hydrogens (tertiary/aromatic N) is 6. The van der Waals surface area contributed by atoms with Crippen LogP contribution in [0.4, 0.5) is 17.5 Å². The molecule has 1 aromatic carbocycles. The van der Waals surface area contributed by atoms with Crippen LogP contribution in [0.1, 0.15) is 13.8 Å². The molecule has 0 spiro atoms. The van der Waals surface area contributed by atoms with E-state index in [0.717, 1.165) is 12.2 Å². The van der Waals surface area contributed by atoms with Crippen molar-refractivity contribution in [2.75, 3.05) is 16.9 Å². The second-order valence-electron chi connectivity index (χ2n) is 5.45. The molecule has 2 aromatic heterocycles. The zero-order chi connectivity index (χ0) is 18.7. The highest BCUT2D eigenvalue weighted by molar-refractivity contribution is 6.30. The highest BCUT2D eigenvalue weighted by Gasteiger charge is 2.16. The van der Waals surface area contributed by atoms with E-state index in [2.05, 4.69) is 25.4 Å². The van der Waals surface area contributed by atoms with Crippen LogP contribution in [0.3, 0.4) is 0 Å². The predicted molar refractivity (Wildman–Crippen MR) is 105 cm³/mol. The third kappa shape index (κ3) is 3.62. The van der Waals surface area contributed by atoms with Gasteiger partial charge in [0.15, 0.2) is 17.0 Å². The molecule has 3 aromatic rings. The van der Waals surface area contributed by atoms with Gasteiger partial charge in [0.2, 0.25) is 11.9 Å². The highest BCUT2D eigenvalue weighted by atomic mass is 35.5. The minimum atomic E-state index is -0.0658. The number of anilines is 3. The van der Waals surface area contributed by atoms with Gasteiger partial charge in [0.05, 0.1) is 6.33 Å². The molecular weight excluding hydrogens is 354 g/mol. The summed E-state index contributed by atoms with van der Waals surface area (Å²) >= 11 is 6.07. The van der Waals surface area contributed by atoms with E-state index in [4.69, 9.17) is 23.1 Å². The lowest BCUT2D eigenvalue weighted by Crippen LogP contribution is -2.30. The van der Waals surface area contributed by atoms with E-state index in [-0.39, 0.29) is 5.96 Å². The Hall–Kier alpha value is -3.07. The Labute approximate surface area is 155 Å². The molecule has 5 N–H and O–H groups in total. The van der Waals surface area contributed by atoms with Crippen molar-refractivity contribution in [2.45, 2.75) is 20.4 Å². The number of rotatable bonds is 6. The van der Waals surface area contributed by atoms with Gasteiger partial charge in [-0.3, -0.25) is 0 Å². The van der Waals surface area contributed by atoms with Gasteiger partial charge < -0.3 is 21.4 Å². The first kappa shape index (κ1) is 17.7. The number of imidazole rings is 1. The van der Waals surface area contributed by atoms with Crippen molar-refractivity contribution in [1.29, 1.82) is 0 Å². The first-order valence-corrected chi connectivity index (χ1v) is 8.52. The fourth-order valence-corrected chi connectivity index (χ4v) is 2.66. The number of aromatic nitrogens is 4. The van der Waals surface area contributed by atoms with Crippen molar-refractivity contribution in [3.05, 3.63) is 35.6 Å². The third-order valence-corrected chi connectivity index (χ3v) is 3.88. The second kappa shape index (κ2) is 7.44. The summed E-state index contributed by atoms with van der Waals surface area (Å²) in [6, 6.07) is 7.35. The summed E-state index contributed by atoms with van der Waals surface area (Å²) < 4.78 is 1.92. The topological polar surface area (TPSA) is 123 Å². The van der Waals surface area contributed by atoms with Crippen LogP contribution in [0.25, 0.3) is 11.2 Å². The SMILES string of the molecule is CCN(N=C(N)N)c1nc(Nc2cccc(Cl)c2)c2ncn(CC)c2n1. The number of fused-ring (bicyclic) bond motifs is 1. The lowest BCUT2D eigenvalue weighted by molar-refractivity contribution is 0.771. The quantitative estimate of drug-likeness (QED) is 0.344. The maximum atomic E-state index is 6.07. The van der Waals surface area contributed by atoms with Gasteiger partial charge in [0.25, 0.3) is 0 Å². The second-order valence-corrected chi connectivity index (χ2v) is 5.89. The molecule has 0 unspecified atom stereocenters. The van der Waals surface area contributed by atoms with Gasteiger partial charge in [-0.25, -0.2) is 9.99 Å². The smallest absolute Gasteiger partial charge is 0.250 e. The van der Waals surface area contributed by atoms with Crippen molar-refractivity contribution in [3.63, 3.8) is 0 Å². The maximum Gasteiger partial charge on any atom is 0.250 e. The van der Waals surface area contributed by atoms with Gasteiger partial charge in [-0.15, -0.1) is 5.10 Å². The molecule has 0 saturated heterocycles. The number of hydrogen-bond acceptors (Lipinski definition) is 6. The molecule has 136 valence electrons. The van der Waals surface area contributed by atoms with E-state index in [1.54, 1.807) is 18.5 Å². The Morgan fingerprint density at radius 3 is 2.77 bits per heavy atom. The number of benzene rings is 1. The number of halogens is 1. The van der Waals surface area contributed by atoms with E-state index >= 15 is 0 Å². The van der Waals surface area contributed by atoms with Gasteiger partial charge in [-0.2, -0.15) is 9.97 Å². The number of hydrazone groups is 1. The van der Waals surface area contributed by atoms with Crippen molar-refractivity contribution in [3.8, 4) is 0 Å².